The van der Waals surface area contributed by atoms with Crippen LogP contribution in [0.3, 0.4) is 0 Å². The lowest BCUT2D eigenvalue weighted by Crippen LogP contribution is -2.30. The van der Waals surface area contributed by atoms with Gasteiger partial charge in [0, 0.05) is 6.61 Å². The normalized spacial score (nSPS) is 15.2. The third-order valence-corrected chi connectivity index (χ3v) is 2.09. The molecule has 0 saturated carbocycles. The van der Waals surface area contributed by atoms with Gasteiger partial charge in [-0.05, 0) is 38.2 Å². The molecular formula is C10H19IO2. The second-order valence-corrected chi connectivity index (χ2v) is 4.19. The van der Waals surface area contributed by atoms with E-state index in [1.54, 1.807) is 0 Å². The molecule has 13 heavy (non-hydrogen) atoms. The van der Waals surface area contributed by atoms with Crippen LogP contribution >= 0.6 is 22.6 Å². The third kappa shape index (κ3) is 7.46. The van der Waals surface area contributed by atoms with E-state index in [0.717, 1.165) is 6.42 Å². The minimum absolute atomic E-state index is 0.123. The predicted molar refractivity (Wildman–Crippen MR) is 64.0 cm³/mol. The van der Waals surface area contributed by atoms with E-state index < -0.39 is 0 Å². The summed E-state index contributed by atoms with van der Waals surface area (Å²) in [5.74, 6) is 0. The Morgan fingerprint density at radius 2 is 2.08 bits per heavy atom. The van der Waals surface area contributed by atoms with Gasteiger partial charge in [0.05, 0.1) is 5.60 Å². The first-order valence-corrected chi connectivity index (χ1v) is 5.81. The molecule has 0 heterocycles. The Hall–Kier alpha value is 0.390. The van der Waals surface area contributed by atoms with E-state index in [9.17, 15) is 0 Å². The summed E-state index contributed by atoms with van der Waals surface area (Å²) in [7, 11) is 0. The monoisotopic (exact) mass is 298 g/mol. The lowest BCUT2D eigenvalue weighted by Gasteiger charge is -2.27. The molecule has 3 heteroatoms. The highest BCUT2D eigenvalue weighted by atomic mass is 127. The van der Waals surface area contributed by atoms with Crippen molar-refractivity contribution in [3.63, 3.8) is 0 Å². The zero-order valence-corrected chi connectivity index (χ0v) is 11.0. The topological polar surface area (TPSA) is 18.5 Å². The number of rotatable bonds is 6. The van der Waals surface area contributed by atoms with Crippen LogP contribution in [0.2, 0.25) is 0 Å². The van der Waals surface area contributed by atoms with Gasteiger partial charge in [-0.2, -0.15) is 0 Å². The first-order valence-electron chi connectivity index (χ1n) is 4.56. The Morgan fingerprint density at radius 3 is 2.54 bits per heavy atom. The number of halogens is 1. The molecule has 0 rings (SSSR count). The van der Waals surface area contributed by atoms with Crippen LogP contribution in [-0.4, -0.2) is 18.5 Å². The van der Waals surface area contributed by atoms with Crippen molar-refractivity contribution in [1.82, 2.24) is 0 Å². The van der Waals surface area contributed by atoms with E-state index in [-0.39, 0.29) is 11.9 Å². The summed E-state index contributed by atoms with van der Waals surface area (Å²) in [5, 5.41) is 0. The molecule has 0 aliphatic heterocycles. The maximum atomic E-state index is 5.70. The highest BCUT2D eigenvalue weighted by molar-refractivity contribution is 14.1. The fourth-order valence-corrected chi connectivity index (χ4v) is 1.35. The van der Waals surface area contributed by atoms with Gasteiger partial charge in [0.1, 0.15) is 0 Å². The average Bonchev–Trinajstić information content (AvgIpc) is 2.00. The smallest absolute Gasteiger partial charge is 0.155 e. The molecule has 0 saturated heterocycles. The molecule has 0 spiro atoms. The zero-order chi connectivity index (χ0) is 10.3. The van der Waals surface area contributed by atoms with Gasteiger partial charge in [-0.3, -0.25) is 0 Å². The number of hydrogen-bond donors (Lipinski definition) is 0. The van der Waals surface area contributed by atoms with Crippen LogP contribution in [0.25, 0.3) is 0 Å². The van der Waals surface area contributed by atoms with Crippen molar-refractivity contribution < 1.29 is 9.47 Å². The molecular weight excluding hydrogens is 279 g/mol. The molecule has 1 unspecified atom stereocenters. The van der Waals surface area contributed by atoms with Crippen molar-refractivity contribution in [2.75, 3.05) is 6.61 Å². The standard InChI is InChI=1S/C10H19IO2/c1-5-12-9(2)13-10(3,4)7-6-8-11/h6,8-9H,5,7H2,1-4H3. The Morgan fingerprint density at radius 1 is 1.46 bits per heavy atom. The van der Waals surface area contributed by atoms with Gasteiger partial charge in [0.25, 0.3) is 0 Å². The molecule has 2 nitrogen and oxygen atoms in total. The van der Waals surface area contributed by atoms with Crippen LogP contribution in [-0.2, 0) is 9.47 Å². The highest BCUT2D eigenvalue weighted by Crippen LogP contribution is 2.18. The molecule has 78 valence electrons. The van der Waals surface area contributed by atoms with Crippen LogP contribution in [0.4, 0.5) is 0 Å². The van der Waals surface area contributed by atoms with Crippen molar-refractivity contribution in [2.45, 2.75) is 46.0 Å². The van der Waals surface area contributed by atoms with Crippen LogP contribution < -0.4 is 0 Å². The molecule has 0 aliphatic rings. The molecule has 0 fully saturated rings. The molecule has 0 aromatic heterocycles. The molecule has 0 bridgehead atoms. The Kier molecular flexibility index (Phi) is 6.99. The summed E-state index contributed by atoms with van der Waals surface area (Å²) >= 11 is 2.21. The number of hydrogen-bond acceptors (Lipinski definition) is 2. The minimum Gasteiger partial charge on any atom is -0.353 e. The summed E-state index contributed by atoms with van der Waals surface area (Å²) in [6, 6.07) is 0. The molecule has 0 aliphatic carbocycles. The van der Waals surface area contributed by atoms with Crippen molar-refractivity contribution in [3.05, 3.63) is 10.2 Å². The second-order valence-electron chi connectivity index (χ2n) is 3.47. The Bertz CT molecular complexity index is 155. The Labute approximate surface area is 94.8 Å². The highest BCUT2D eigenvalue weighted by Gasteiger charge is 2.19. The molecule has 0 N–H and O–H groups in total. The fourth-order valence-electron chi connectivity index (χ4n) is 1.09. The SMILES string of the molecule is CCOC(C)OC(C)(C)CC=CI. The van der Waals surface area contributed by atoms with E-state index in [0.29, 0.717) is 6.61 Å². The van der Waals surface area contributed by atoms with Crippen molar-refractivity contribution in [2.24, 2.45) is 0 Å². The van der Waals surface area contributed by atoms with E-state index in [1.165, 1.54) is 0 Å². The molecule has 0 amide bonds. The van der Waals surface area contributed by atoms with Gasteiger partial charge < -0.3 is 9.47 Å². The van der Waals surface area contributed by atoms with E-state index in [4.69, 9.17) is 9.47 Å². The third-order valence-electron chi connectivity index (χ3n) is 1.58. The summed E-state index contributed by atoms with van der Waals surface area (Å²) < 4.78 is 13.0. The molecule has 0 radical (unpaired) electrons. The van der Waals surface area contributed by atoms with E-state index >= 15 is 0 Å². The minimum atomic E-state index is -0.143. The van der Waals surface area contributed by atoms with Crippen molar-refractivity contribution in [3.8, 4) is 0 Å². The summed E-state index contributed by atoms with van der Waals surface area (Å²) in [4.78, 5) is 0. The first-order chi connectivity index (χ1) is 6.02. The average molecular weight is 298 g/mol. The summed E-state index contributed by atoms with van der Waals surface area (Å²) in [6.45, 7) is 8.73. The van der Waals surface area contributed by atoms with Gasteiger partial charge in [0.2, 0.25) is 0 Å². The zero-order valence-electron chi connectivity index (χ0n) is 8.84. The van der Waals surface area contributed by atoms with Crippen LogP contribution in [0.1, 0.15) is 34.1 Å². The Balaban J connectivity index is 3.85. The molecule has 0 aromatic rings. The molecule has 1 atom stereocenters. The quantitative estimate of drug-likeness (QED) is 0.552. The van der Waals surface area contributed by atoms with Crippen molar-refractivity contribution in [1.29, 1.82) is 0 Å². The second kappa shape index (κ2) is 6.79. The fraction of sp³-hybridized carbons (Fsp3) is 0.800. The van der Waals surface area contributed by atoms with Crippen molar-refractivity contribution >= 4 is 22.6 Å². The van der Waals surface area contributed by atoms with E-state index in [2.05, 4.69) is 42.5 Å². The largest absolute Gasteiger partial charge is 0.353 e. The lowest BCUT2D eigenvalue weighted by atomic mass is 10.1. The van der Waals surface area contributed by atoms with Crippen LogP contribution in [0.15, 0.2) is 10.2 Å². The summed E-state index contributed by atoms with van der Waals surface area (Å²) in [5.41, 5.74) is -0.143. The van der Waals surface area contributed by atoms with Crippen LogP contribution in [0, 0.1) is 0 Å². The van der Waals surface area contributed by atoms with Crippen LogP contribution in [0.5, 0.6) is 0 Å². The maximum Gasteiger partial charge on any atom is 0.155 e. The van der Waals surface area contributed by atoms with Gasteiger partial charge in [-0.25, -0.2) is 0 Å². The summed E-state index contributed by atoms with van der Waals surface area (Å²) in [6.07, 6.45) is 2.88. The predicted octanol–water partition coefficient (Wildman–Crippen LogP) is 3.50. The van der Waals surface area contributed by atoms with Gasteiger partial charge in [-0.1, -0.05) is 28.7 Å². The van der Waals surface area contributed by atoms with Gasteiger partial charge in [-0.15, -0.1) is 0 Å². The first kappa shape index (κ1) is 13.4. The van der Waals surface area contributed by atoms with Gasteiger partial charge >= 0.3 is 0 Å². The molecule has 0 aromatic carbocycles. The lowest BCUT2D eigenvalue weighted by molar-refractivity contribution is -0.187. The number of ether oxygens (including phenoxy) is 2. The van der Waals surface area contributed by atoms with Gasteiger partial charge in [0.15, 0.2) is 6.29 Å². The van der Waals surface area contributed by atoms with E-state index in [1.807, 2.05) is 17.9 Å². The maximum absolute atomic E-state index is 5.70.